The topological polar surface area (TPSA) is 55.1 Å². The molecular weight excluding hydrogens is 267 g/mol. The van der Waals surface area contributed by atoms with Crippen LogP contribution in [0, 0.1) is 12.7 Å². The lowest BCUT2D eigenvalue weighted by molar-refractivity contribution is 0.0928. The Hall–Kier alpha value is -2.20. The van der Waals surface area contributed by atoms with Crippen LogP contribution in [0.4, 0.5) is 4.39 Å². The number of nitrogens with two attached hydrogens (primary N) is 1. The van der Waals surface area contributed by atoms with Gasteiger partial charge in [0.05, 0.1) is 11.6 Å². The highest BCUT2D eigenvalue weighted by molar-refractivity contribution is 5.95. The van der Waals surface area contributed by atoms with Crippen LogP contribution in [0.15, 0.2) is 42.5 Å². The zero-order chi connectivity index (χ0) is 15.0. The molecule has 0 aromatic heterocycles. The van der Waals surface area contributed by atoms with Gasteiger partial charge in [0.25, 0.3) is 5.91 Å². The molecule has 3 nitrogen and oxygen atoms in total. The SMILES string of the molecule is Cc1cccc(C(=O)NC2c3ccccc3CC2N)c1F. The number of hydrogen-bond donors (Lipinski definition) is 2. The molecule has 0 aliphatic heterocycles. The van der Waals surface area contributed by atoms with Crippen molar-refractivity contribution in [1.82, 2.24) is 5.32 Å². The van der Waals surface area contributed by atoms with Crippen LogP contribution in [-0.2, 0) is 6.42 Å². The molecular formula is C17H17FN2O. The zero-order valence-electron chi connectivity index (χ0n) is 11.8. The molecule has 21 heavy (non-hydrogen) atoms. The van der Waals surface area contributed by atoms with E-state index in [1.54, 1.807) is 19.1 Å². The summed E-state index contributed by atoms with van der Waals surface area (Å²) in [6.45, 7) is 1.64. The maximum Gasteiger partial charge on any atom is 0.254 e. The fraction of sp³-hybridized carbons (Fsp3) is 0.235. The lowest BCUT2D eigenvalue weighted by Gasteiger charge is -2.19. The predicted molar refractivity (Wildman–Crippen MR) is 79.5 cm³/mol. The third-order valence-electron chi connectivity index (χ3n) is 4.00. The predicted octanol–water partition coefficient (Wildman–Crippen LogP) is 2.49. The van der Waals surface area contributed by atoms with Gasteiger partial charge in [-0.25, -0.2) is 4.39 Å². The molecule has 1 amide bonds. The average Bonchev–Trinajstić information content (AvgIpc) is 2.78. The van der Waals surface area contributed by atoms with E-state index < -0.39 is 11.7 Å². The highest BCUT2D eigenvalue weighted by Crippen LogP contribution is 2.30. The molecule has 1 aliphatic carbocycles. The Morgan fingerprint density at radius 3 is 2.81 bits per heavy atom. The summed E-state index contributed by atoms with van der Waals surface area (Å²) in [4.78, 5) is 12.3. The lowest BCUT2D eigenvalue weighted by Crippen LogP contribution is -2.38. The van der Waals surface area contributed by atoms with Crippen molar-refractivity contribution in [3.63, 3.8) is 0 Å². The number of aryl methyl sites for hydroxylation is 1. The minimum atomic E-state index is -0.477. The first-order chi connectivity index (χ1) is 10.1. The van der Waals surface area contributed by atoms with Gasteiger partial charge < -0.3 is 11.1 Å². The summed E-state index contributed by atoms with van der Waals surface area (Å²) in [5.41, 5.74) is 8.79. The van der Waals surface area contributed by atoms with Crippen molar-refractivity contribution >= 4 is 5.91 Å². The smallest absolute Gasteiger partial charge is 0.254 e. The second kappa shape index (κ2) is 5.30. The van der Waals surface area contributed by atoms with Crippen LogP contribution in [-0.4, -0.2) is 11.9 Å². The van der Waals surface area contributed by atoms with Crippen molar-refractivity contribution < 1.29 is 9.18 Å². The zero-order valence-corrected chi connectivity index (χ0v) is 11.8. The van der Waals surface area contributed by atoms with E-state index >= 15 is 0 Å². The first kappa shape index (κ1) is 13.8. The van der Waals surface area contributed by atoms with E-state index in [0.29, 0.717) is 5.56 Å². The molecule has 0 radical (unpaired) electrons. The third kappa shape index (κ3) is 2.43. The molecule has 108 valence electrons. The van der Waals surface area contributed by atoms with Gasteiger partial charge in [-0.15, -0.1) is 0 Å². The van der Waals surface area contributed by atoms with Gasteiger partial charge in [0, 0.05) is 6.04 Å². The number of amides is 1. The Bertz CT molecular complexity index is 699. The Labute approximate surface area is 123 Å². The molecule has 0 fully saturated rings. The van der Waals surface area contributed by atoms with Gasteiger partial charge in [0.2, 0.25) is 0 Å². The second-order valence-corrected chi connectivity index (χ2v) is 5.45. The lowest BCUT2D eigenvalue weighted by atomic mass is 10.1. The van der Waals surface area contributed by atoms with E-state index in [9.17, 15) is 9.18 Å². The third-order valence-corrected chi connectivity index (χ3v) is 4.00. The van der Waals surface area contributed by atoms with E-state index in [0.717, 1.165) is 17.5 Å². The van der Waals surface area contributed by atoms with Gasteiger partial charge in [-0.2, -0.15) is 0 Å². The van der Waals surface area contributed by atoms with Gasteiger partial charge >= 0.3 is 0 Å². The number of benzene rings is 2. The van der Waals surface area contributed by atoms with E-state index in [1.165, 1.54) is 6.07 Å². The summed E-state index contributed by atoms with van der Waals surface area (Å²) in [5.74, 6) is -0.900. The molecule has 0 bridgehead atoms. The highest BCUT2D eigenvalue weighted by atomic mass is 19.1. The van der Waals surface area contributed by atoms with Crippen molar-refractivity contribution in [2.45, 2.75) is 25.4 Å². The molecule has 2 aromatic rings. The van der Waals surface area contributed by atoms with Crippen LogP contribution in [0.25, 0.3) is 0 Å². The minimum absolute atomic E-state index is 0.0616. The Balaban J connectivity index is 1.87. The van der Waals surface area contributed by atoms with Crippen LogP contribution < -0.4 is 11.1 Å². The molecule has 2 unspecified atom stereocenters. The quantitative estimate of drug-likeness (QED) is 0.890. The summed E-state index contributed by atoms with van der Waals surface area (Å²) in [6, 6.07) is 12.2. The monoisotopic (exact) mass is 284 g/mol. The van der Waals surface area contributed by atoms with Crippen molar-refractivity contribution in [2.24, 2.45) is 5.73 Å². The number of hydrogen-bond acceptors (Lipinski definition) is 2. The van der Waals surface area contributed by atoms with Gasteiger partial charge in [-0.1, -0.05) is 36.4 Å². The van der Waals surface area contributed by atoms with Crippen LogP contribution in [0.2, 0.25) is 0 Å². The molecule has 3 rings (SSSR count). The second-order valence-electron chi connectivity index (χ2n) is 5.45. The van der Waals surface area contributed by atoms with Crippen LogP contribution in [0.1, 0.15) is 33.1 Å². The fourth-order valence-electron chi connectivity index (χ4n) is 2.85. The molecule has 0 heterocycles. The molecule has 4 heteroatoms. The largest absolute Gasteiger partial charge is 0.344 e. The summed E-state index contributed by atoms with van der Waals surface area (Å²) in [7, 11) is 0. The molecule has 0 saturated carbocycles. The van der Waals surface area contributed by atoms with Gasteiger partial charge in [0.1, 0.15) is 5.82 Å². The average molecular weight is 284 g/mol. The minimum Gasteiger partial charge on any atom is -0.344 e. The maximum absolute atomic E-state index is 14.0. The van der Waals surface area contributed by atoms with Crippen molar-refractivity contribution in [2.75, 3.05) is 0 Å². The fourth-order valence-corrected chi connectivity index (χ4v) is 2.85. The maximum atomic E-state index is 14.0. The van der Waals surface area contributed by atoms with Crippen LogP contribution in [0.3, 0.4) is 0 Å². The number of carbonyl (C=O) groups is 1. The molecule has 0 saturated heterocycles. The molecule has 3 N–H and O–H groups in total. The van der Waals surface area contributed by atoms with E-state index in [-0.39, 0.29) is 17.6 Å². The number of halogens is 1. The standard InChI is InChI=1S/C17H17FN2O/c1-10-5-4-8-13(15(10)18)17(21)20-16-12-7-3-2-6-11(12)9-14(16)19/h2-8,14,16H,9,19H2,1H3,(H,20,21). The number of rotatable bonds is 2. The Morgan fingerprint density at radius 1 is 1.24 bits per heavy atom. The number of fused-ring (bicyclic) bond motifs is 1. The summed E-state index contributed by atoms with van der Waals surface area (Å²) < 4.78 is 14.0. The summed E-state index contributed by atoms with van der Waals surface area (Å²) in [5, 5.41) is 2.87. The first-order valence-corrected chi connectivity index (χ1v) is 6.97. The molecule has 0 spiro atoms. The van der Waals surface area contributed by atoms with Gasteiger partial charge in [-0.3, -0.25) is 4.79 Å². The van der Waals surface area contributed by atoms with Gasteiger partial charge in [0.15, 0.2) is 0 Å². The molecule has 1 aliphatic rings. The molecule has 2 atom stereocenters. The van der Waals surface area contributed by atoms with E-state index in [4.69, 9.17) is 5.73 Å². The Morgan fingerprint density at radius 2 is 2.00 bits per heavy atom. The summed E-state index contributed by atoms with van der Waals surface area (Å²) >= 11 is 0. The van der Waals surface area contributed by atoms with Gasteiger partial charge in [-0.05, 0) is 36.1 Å². The van der Waals surface area contributed by atoms with E-state index in [1.807, 2.05) is 24.3 Å². The summed E-state index contributed by atoms with van der Waals surface area (Å²) in [6.07, 6.45) is 0.720. The Kier molecular flexibility index (Phi) is 3.47. The number of nitrogens with one attached hydrogen (secondary N) is 1. The molecule has 2 aromatic carbocycles. The first-order valence-electron chi connectivity index (χ1n) is 6.97. The van der Waals surface area contributed by atoms with E-state index in [2.05, 4.69) is 5.32 Å². The van der Waals surface area contributed by atoms with Crippen LogP contribution >= 0.6 is 0 Å². The van der Waals surface area contributed by atoms with Crippen LogP contribution in [0.5, 0.6) is 0 Å². The van der Waals surface area contributed by atoms with Crippen molar-refractivity contribution in [3.05, 3.63) is 70.5 Å². The number of carbonyl (C=O) groups excluding carboxylic acids is 1. The normalized spacial score (nSPS) is 20.1. The van der Waals surface area contributed by atoms with Crippen molar-refractivity contribution in [3.8, 4) is 0 Å². The van der Waals surface area contributed by atoms with Crippen molar-refractivity contribution in [1.29, 1.82) is 0 Å². The highest BCUT2D eigenvalue weighted by Gasteiger charge is 2.31.